The van der Waals surface area contributed by atoms with Gasteiger partial charge < -0.3 is 9.31 Å². The maximum atomic E-state index is 12.3. The average molecular weight is 351 g/mol. The Labute approximate surface area is 152 Å². The van der Waals surface area contributed by atoms with Gasteiger partial charge in [-0.05, 0) is 63.6 Å². The van der Waals surface area contributed by atoms with Crippen LogP contribution in [0, 0.1) is 5.92 Å². The molecule has 0 spiro atoms. The SMILES string of the molecule is CC[C@H](NS)C1=C/C(=O)CCC(C)/C=C\1B1OC(C)(C)C(C)(C)O1. The number of carbonyl (C=O) groups excluding carboxylic acids is 1. The molecule has 0 aromatic carbocycles. The number of hydrogen-bond donors (Lipinski definition) is 2. The zero-order valence-electron chi connectivity index (χ0n) is 15.7. The molecule has 24 heavy (non-hydrogen) atoms. The Morgan fingerprint density at radius 1 is 1.33 bits per heavy atom. The van der Waals surface area contributed by atoms with Gasteiger partial charge in [-0.15, -0.1) is 0 Å². The monoisotopic (exact) mass is 351 g/mol. The molecule has 1 fully saturated rings. The first-order valence-corrected chi connectivity index (χ1v) is 9.27. The molecule has 0 saturated carbocycles. The van der Waals surface area contributed by atoms with Gasteiger partial charge >= 0.3 is 7.12 Å². The van der Waals surface area contributed by atoms with Crippen LogP contribution in [0.4, 0.5) is 0 Å². The van der Waals surface area contributed by atoms with Gasteiger partial charge in [0.25, 0.3) is 0 Å². The Kier molecular flexibility index (Phi) is 6.06. The van der Waals surface area contributed by atoms with Gasteiger partial charge in [-0.2, -0.15) is 0 Å². The highest BCUT2D eigenvalue weighted by Gasteiger charge is 2.53. The van der Waals surface area contributed by atoms with Gasteiger partial charge in [0.15, 0.2) is 5.78 Å². The van der Waals surface area contributed by atoms with Crippen LogP contribution in [0.25, 0.3) is 0 Å². The molecule has 0 aromatic rings. The molecule has 2 rings (SSSR count). The molecule has 0 aromatic heterocycles. The fourth-order valence-corrected chi connectivity index (χ4v) is 3.37. The number of rotatable bonds is 4. The van der Waals surface area contributed by atoms with Crippen LogP contribution in [0.5, 0.6) is 0 Å². The van der Waals surface area contributed by atoms with Crippen molar-refractivity contribution < 1.29 is 14.1 Å². The van der Waals surface area contributed by atoms with Gasteiger partial charge in [0.2, 0.25) is 0 Å². The molecule has 0 bridgehead atoms. The van der Waals surface area contributed by atoms with Crippen LogP contribution in [0.3, 0.4) is 0 Å². The fraction of sp³-hybridized carbons (Fsp3) is 0.722. The zero-order valence-corrected chi connectivity index (χ0v) is 16.6. The highest BCUT2D eigenvalue weighted by Crippen LogP contribution is 2.41. The van der Waals surface area contributed by atoms with Crippen LogP contribution < -0.4 is 4.72 Å². The van der Waals surface area contributed by atoms with E-state index in [-0.39, 0.29) is 11.8 Å². The Hall–Kier alpha value is -0.555. The summed E-state index contributed by atoms with van der Waals surface area (Å²) in [5, 5.41) is 0. The fourth-order valence-electron chi connectivity index (χ4n) is 3.05. The Morgan fingerprint density at radius 2 is 1.92 bits per heavy atom. The molecule has 2 aliphatic rings. The van der Waals surface area contributed by atoms with E-state index in [0.717, 1.165) is 23.9 Å². The Balaban J connectivity index is 2.47. The molecule has 1 unspecified atom stereocenters. The predicted octanol–water partition coefficient (Wildman–Crippen LogP) is 3.68. The van der Waals surface area contributed by atoms with Crippen molar-refractivity contribution in [2.45, 2.75) is 78.0 Å². The third-order valence-electron chi connectivity index (χ3n) is 5.41. The number of allylic oxidation sites excluding steroid dienone is 2. The second kappa shape index (κ2) is 7.36. The van der Waals surface area contributed by atoms with Crippen molar-refractivity contribution in [1.82, 2.24) is 4.72 Å². The summed E-state index contributed by atoms with van der Waals surface area (Å²) in [4.78, 5) is 12.3. The third kappa shape index (κ3) is 3.98. The van der Waals surface area contributed by atoms with Crippen LogP contribution in [0.2, 0.25) is 0 Å². The minimum absolute atomic E-state index is 0.0205. The standard InChI is InChI=1S/C18H30BNO3S/c1-7-16(20-24)14-11-13(21)9-8-12(2)10-15(14)19-22-17(3,4)18(5,6)23-19/h10-12,16,20,24H,7-9H2,1-6H3/b14-11+,15-10+/t12?,16-/m0/s1. The molecule has 0 amide bonds. The van der Waals surface area contributed by atoms with Crippen LogP contribution in [-0.4, -0.2) is 30.1 Å². The first-order valence-electron chi connectivity index (χ1n) is 8.83. The highest BCUT2D eigenvalue weighted by molar-refractivity contribution is 7.78. The van der Waals surface area contributed by atoms with E-state index in [4.69, 9.17) is 9.31 Å². The van der Waals surface area contributed by atoms with E-state index < -0.39 is 18.3 Å². The van der Waals surface area contributed by atoms with Crippen LogP contribution in [0.15, 0.2) is 23.2 Å². The second-order valence-corrected chi connectivity index (χ2v) is 8.14. The number of nitrogens with one attached hydrogen (secondary N) is 1. The van der Waals surface area contributed by atoms with Gasteiger partial charge in [0.05, 0.1) is 11.2 Å². The first kappa shape index (κ1) is 19.8. The second-order valence-electron chi connectivity index (χ2n) is 7.88. The van der Waals surface area contributed by atoms with E-state index >= 15 is 0 Å². The zero-order chi connectivity index (χ0) is 18.1. The van der Waals surface area contributed by atoms with Crippen molar-refractivity contribution in [2.75, 3.05) is 0 Å². The van der Waals surface area contributed by atoms with Crippen LogP contribution >= 0.6 is 12.8 Å². The van der Waals surface area contributed by atoms with E-state index in [1.807, 2.05) is 27.7 Å². The normalized spacial score (nSPS) is 32.4. The summed E-state index contributed by atoms with van der Waals surface area (Å²) in [6.07, 6.45) is 6.19. The molecular weight excluding hydrogens is 321 g/mol. The Morgan fingerprint density at radius 3 is 2.42 bits per heavy atom. The summed E-state index contributed by atoms with van der Waals surface area (Å²) < 4.78 is 15.5. The quantitative estimate of drug-likeness (QED) is 0.599. The number of ketones is 1. The summed E-state index contributed by atoms with van der Waals surface area (Å²) in [6.45, 7) is 12.4. The lowest BCUT2D eigenvalue weighted by Gasteiger charge is -2.32. The topological polar surface area (TPSA) is 47.6 Å². The summed E-state index contributed by atoms with van der Waals surface area (Å²) in [5.41, 5.74) is 1.08. The summed E-state index contributed by atoms with van der Waals surface area (Å²) in [6, 6.07) is -0.0205. The summed E-state index contributed by atoms with van der Waals surface area (Å²) >= 11 is 4.26. The van der Waals surface area contributed by atoms with E-state index in [0.29, 0.717) is 12.3 Å². The minimum atomic E-state index is -0.467. The summed E-state index contributed by atoms with van der Waals surface area (Å²) in [5.74, 6) is 0.449. The number of hydrogen-bond acceptors (Lipinski definition) is 5. The van der Waals surface area contributed by atoms with Gasteiger partial charge in [0.1, 0.15) is 0 Å². The molecular formula is C18H30BNO3S. The maximum absolute atomic E-state index is 12.3. The molecule has 1 heterocycles. The van der Waals surface area contributed by atoms with Crippen LogP contribution in [0.1, 0.15) is 60.8 Å². The lowest BCUT2D eigenvalue weighted by atomic mass is 9.69. The smallest absolute Gasteiger partial charge is 0.399 e. The van der Waals surface area contributed by atoms with Gasteiger partial charge in [0, 0.05) is 12.5 Å². The molecule has 134 valence electrons. The van der Waals surface area contributed by atoms with Crippen molar-refractivity contribution in [3.63, 3.8) is 0 Å². The highest BCUT2D eigenvalue weighted by atomic mass is 32.1. The van der Waals surface area contributed by atoms with E-state index in [9.17, 15) is 4.79 Å². The van der Waals surface area contributed by atoms with Crippen LogP contribution in [-0.2, 0) is 14.1 Å². The lowest BCUT2D eigenvalue weighted by Crippen LogP contribution is -2.41. The predicted molar refractivity (Wildman–Crippen MR) is 102 cm³/mol. The number of carbonyl (C=O) groups is 1. The van der Waals surface area contributed by atoms with E-state index in [1.165, 1.54) is 0 Å². The molecule has 2 atom stereocenters. The van der Waals surface area contributed by atoms with Crippen molar-refractivity contribution in [3.8, 4) is 0 Å². The maximum Gasteiger partial charge on any atom is 0.494 e. The van der Waals surface area contributed by atoms with E-state index in [1.54, 1.807) is 6.08 Å². The van der Waals surface area contributed by atoms with Crippen molar-refractivity contribution in [1.29, 1.82) is 0 Å². The van der Waals surface area contributed by atoms with Crippen molar-refractivity contribution >= 4 is 25.7 Å². The van der Waals surface area contributed by atoms with Gasteiger partial charge in [-0.25, -0.2) is 0 Å². The number of thiol groups is 1. The molecule has 1 N–H and O–H groups in total. The molecule has 4 nitrogen and oxygen atoms in total. The third-order valence-corrected chi connectivity index (χ3v) is 5.72. The van der Waals surface area contributed by atoms with Crippen molar-refractivity contribution in [3.05, 3.63) is 23.2 Å². The molecule has 1 aliphatic heterocycles. The summed E-state index contributed by atoms with van der Waals surface area (Å²) in [7, 11) is -0.467. The first-order chi connectivity index (χ1) is 11.1. The van der Waals surface area contributed by atoms with Gasteiger partial charge in [-0.1, -0.05) is 32.7 Å². The molecule has 0 radical (unpaired) electrons. The Bertz CT molecular complexity index is 536. The lowest BCUT2D eigenvalue weighted by molar-refractivity contribution is -0.114. The molecule has 1 saturated heterocycles. The minimum Gasteiger partial charge on any atom is -0.399 e. The van der Waals surface area contributed by atoms with Gasteiger partial charge in [-0.3, -0.25) is 9.52 Å². The average Bonchev–Trinajstić information content (AvgIpc) is 2.69. The molecule has 1 aliphatic carbocycles. The van der Waals surface area contributed by atoms with Crippen molar-refractivity contribution in [2.24, 2.45) is 5.92 Å². The van der Waals surface area contributed by atoms with E-state index in [2.05, 4.69) is 37.5 Å². The largest absolute Gasteiger partial charge is 0.494 e. The molecule has 6 heteroatoms.